The fourth-order valence-electron chi connectivity index (χ4n) is 2.24. The number of benzene rings is 1. The van der Waals surface area contributed by atoms with Crippen LogP contribution in [0.4, 0.5) is 5.69 Å². The Morgan fingerprint density at radius 3 is 2.80 bits per heavy atom. The SMILES string of the molecule is COc1cc(N2CC(CS(=O)(=O)Cl)CC2=O)ccc1Br. The Hall–Kier alpha value is -0.790. The average Bonchev–Trinajstić information content (AvgIpc) is 2.68. The minimum atomic E-state index is -3.59. The minimum Gasteiger partial charge on any atom is -0.495 e. The van der Waals surface area contributed by atoms with Gasteiger partial charge < -0.3 is 9.64 Å². The number of nitrogens with zero attached hydrogens (tertiary/aromatic N) is 1. The molecule has 1 aliphatic heterocycles. The van der Waals surface area contributed by atoms with Crippen molar-refractivity contribution in [3.05, 3.63) is 22.7 Å². The van der Waals surface area contributed by atoms with Gasteiger partial charge in [-0.3, -0.25) is 4.79 Å². The summed E-state index contributed by atoms with van der Waals surface area (Å²) in [5.74, 6) is 0.0350. The van der Waals surface area contributed by atoms with Gasteiger partial charge in [-0.2, -0.15) is 0 Å². The van der Waals surface area contributed by atoms with Crippen LogP contribution in [0, 0.1) is 5.92 Å². The van der Waals surface area contributed by atoms with Crippen molar-refractivity contribution in [1.29, 1.82) is 0 Å². The predicted octanol–water partition coefficient (Wildman–Crippen LogP) is 2.38. The summed E-state index contributed by atoms with van der Waals surface area (Å²) in [6.45, 7) is 0.343. The van der Waals surface area contributed by atoms with Crippen LogP contribution in [0.2, 0.25) is 0 Å². The zero-order chi connectivity index (χ0) is 14.9. The van der Waals surface area contributed by atoms with Crippen molar-refractivity contribution in [2.45, 2.75) is 6.42 Å². The molecule has 1 atom stereocenters. The van der Waals surface area contributed by atoms with Crippen LogP contribution in [0.25, 0.3) is 0 Å². The Balaban J connectivity index is 2.20. The molecule has 8 heteroatoms. The molecule has 5 nitrogen and oxygen atoms in total. The van der Waals surface area contributed by atoms with E-state index in [4.69, 9.17) is 15.4 Å². The van der Waals surface area contributed by atoms with Gasteiger partial charge in [0.15, 0.2) is 0 Å². The van der Waals surface area contributed by atoms with Crippen molar-refractivity contribution < 1.29 is 17.9 Å². The van der Waals surface area contributed by atoms with Gasteiger partial charge in [-0.05, 0) is 28.1 Å². The molecule has 0 aliphatic carbocycles. The van der Waals surface area contributed by atoms with Gasteiger partial charge in [0.25, 0.3) is 0 Å². The Bertz CT molecular complexity index is 634. The number of carbonyl (C=O) groups excluding carboxylic acids is 1. The van der Waals surface area contributed by atoms with Crippen LogP contribution in [0.3, 0.4) is 0 Å². The lowest BCUT2D eigenvalue weighted by Crippen LogP contribution is -2.25. The van der Waals surface area contributed by atoms with Gasteiger partial charge >= 0.3 is 0 Å². The lowest BCUT2D eigenvalue weighted by Gasteiger charge is -2.18. The molecule has 1 amide bonds. The van der Waals surface area contributed by atoms with Gasteiger partial charge in [-0.25, -0.2) is 8.42 Å². The van der Waals surface area contributed by atoms with Crippen LogP contribution in [0.1, 0.15) is 6.42 Å². The molecule has 0 radical (unpaired) electrons. The average molecular weight is 383 g/mol. The Morgan fingerprint density at radius 2 is 2.20 bits per heavy atom. The molecule has 1 fully saturated rings. The molecule has 1 unspecified atom stereocenters. The molecule has 0 saturated carbocycles. The summed E-state index contributed by atoms with van der Waals surface area (Å²) in [5.41, 5.74) is 0.685. The van der Waals surface area contributed by atoms with Crippen LogP contribution >= 0.6 is 26.6 Å². The molecule has 2 rings (SSSR count). The van der Waals surface area contributed by atoms with Crippen molar-refractivity contribution >= 4 is 47.3 Å². The highest BCUT2D eigenvalue weighted by molar-refractivity contribution is 9.10. The molecule has 0 bridgehead atoms. The summed E-state index contributed by atoms with van der Waals surface area (Å²) in [5, 5.41) is 0. The third-order valence-corrected chi connectivity index (χ3v) is 4.99. The van der Waals surface area contributed by atoms with E-state index in [1.807, 2.05) is 0 Å². The van der Waals surface area contributed by atoms with Gasteiger partial charge in [0.05, 0.1) is 17.3 Å². The molecule has 1 aromatic carbocycles. The van der Waals surface area contributed by atoms with E-state index < -0.39 is 9.05 Å². The predicted molar refractivity (Wildman–Crippen MR) is 80.8 cm³/mol. The summed E-state index contributed by atoms with van der Waals surface area (Å²) in [7, 11) is 3.18. The van der Waals surface area contributed by atoms with Gasteiger partial charge in [0.1, 0.15) is 5.75 Å². The molecule has 0 spiro atoms. The smallest absolute Gasteiger partial charge is 0.232 e. The number of ether oxygens (including phenoxy) is 1. The van der Waals surface area contributed by atoms with Crippen molar-refractivity contribution in [1.82, 2.24) is 0 Å². The van der Waals surface area contributed by atoms with E-state index in [-0.39, 0.29) is 24.0 Å². The molecule has 0 N–H and O–H groups in total. The fourth-order valence-corrected chi connectivity index (χ4v) is 3.97. The second-order valence-corrected chi connectivity index (χ2v) is 8.27. The van der Waals surface area contributed by atoms with Crippen molar-refractivity contribution in [2.24, 2.45) is 5.92 Å². The third kappa shape index (κ3) is 3.65. The standard InChI is InChI=1S/C12H13BrClNO4S/c1-19-11-5-9(2-3-10(11)13)15-6-8(4-12(15)16)7-20(14,17)18/h2-3,5,8H,4,6-7H2,1H3. The summed E-state index contributed by atoms with van der Waals surface area (Å²) >= 11 is 3.34. The van der Waals surface area contributed by atoms with E-state index in [0.717, 1.165) is 4.47 Å². The van der Waals surface area contributed by atoms with Gasteiger partial charge in [0, 0.05) is 41.3 Å². The van der Waals surface area contributed by atoms with Gasteiger partial charge in [0.2, 0.25) is 15.0 Å². The highest BCUT2D eigenvalue weighted by atomic mass is 79.9. The first-order valence-electron chi connectivity index (χ1n) is 5.86. The van der Waals surface area contributed by atoms with E-state index in [2.05, 4.69) is 15.9 Å². The summed E-state index contributed by atoms with van der Waals surface area (Å²) in [4.78, 5) is 13.5. The van der Waals surface area contributed by atoms with Crippen molar-refractivity contribution in [3.8, 4) is 5.75 Å². The number of methoxy groups -OCH3 is 1. The first-order chi connectivity index (χ1) is 9.30. The second-order valence-electron chi connectivity index (χ2n) is 4.60. The van der Waals surface area contributed by atoms with Gasteiger partial charge in [-0.15, -0.1) is 0 Å². The maximum Gasteiger partial charge on any atom is 0.232 e. The Labute approximate surface area is 130 Å². The van der Waals surface area contributed by atoms with E-state index in [0.29, 0.717) is 18.0 Å². The zero-order valence-electron chi connectivity index (χ0n) is 10.7. The maximum absolute atomic E-state index is 12.0. The molecule has 20 heavy (non-hydrogen) atoms. The number of anilines is 1. The van der Waals surface area contributed by atoms with Crippen molar-refractivity contribution in [2.75, 3.05) is 24.3 Å². The number of halogens is 2. The third-order valence-electron chi connectivity index (χ3n) is 3.09. The van der Waals surface area contributed by atoms with Crippen molar-refractivity contribution in [3.63, 3.8) is 0 Å². The molecule has 1 aromatic rings. The number of amides is 1. The Morgan fingerprint density at radius 1 is 1.50 bits per heavy atom. The molecular weight excluding hydrogens is 370 g/mol. The minimum absolute atomic E-state index is 0.111. The Kier molecular flexibility index (Phi) is 4.61. The number of rotatable bonds is 4. The maximum atomic E-state index is 12.0. The molecule has 1 heterocycles. The second kappa shape index (κ2) is 5.91. The number of carbonyl (C=O) groups is 1. The highest BCUT2D eigenvalue weighted by Crippen LogP contribution is 2.33. The topological polar surface area (TPSA) is 63.7 Å². The lowest BCUT2D eigenvalue weighted by molar-refractivity contribution is -0.117. The van der Waals surface area contributed by atoms with E-state index >= 15 is 0 Å². The van der Waals surface area contributed by atoms with Crippen LogP contribution in [0.15, 0.2) is 22.7 Å². The quantitative estimate of drug-likeness (QED) is 0.750. The molecule has 0 aromatic heterocycles. The summed E-state index contributed by atoms with van der Waals surface area (Å²) in [6.07, 6.45) is 0.185. The normalized spacial score (nSPS) is 19.4. The lowest BCUT2D eigenvalue weighted by atomic mass is 10.1. The number of hydrogen-bond acceptors (Lipinski definition) is 4. The molecule has 1 aliphatic rings. The molecule has 110 valence electrons. The summed E-state index contributed by atoms with van der Waals surface area (Å²) < 4.78 is 28.2. The van der Waals surface area contributed by atoms with E-state index in [9.17, 15) is 13.2 Å². The first kappa shape index (κ1) is 15.6. The van der Waals surface area contributed by atoms with Crippen LogP contribution in [-0.4, -0.2) is 33.7 Å². The molecular formula is C12H13BrClNO4S. The van der Waals surface area contributed by atoms with Crippen LogP contribution in [0.5, 0.6) is 5.75 Å². The van der Waals surface area contributed by atoms with Gasteiger partial charge in [-0.1, -0.05) is 0 Å². The van der Waals surface area contributed by atoms with Crippen LogP contribution < -0.4 is 9.64 Å². The zero-order valence-corrected chi connectivity index (χ0v) is 13.8. The highest BCUT2D eigenvalue weighted by Gasteiger charge is 2.33. The fraction of sp³-hybridized carbons (Fsp3) is 0.417. The molecule has 1 saturated heterocycles. The van der Waals surface area contributed by atoms with E-state index in [1.165, 1.54) is 0 Å². The summed E-state index contributed by atoms with van der Waals surface area (Å²) in [6, 6.07) is 5.30. The van der Waals surface area contributed by atoms with E-state index in [1.54, 1.807) is 30.2 Å². The first-order valence-corrected chi connectivity index (χ1v) is 9.13. The number of hydrogen-bond donors (Lipinski definition) is 0. The largest absolute Gasteiger partial charge is 0.495 e. The monoisotopic (exact) mass is 381 g/mol. The van der Waals surface area contributed by atoms with Crippen LogP contribution in [-0.2, 0) is 13.8 Å².